The molecule has 0 atom stereocenters. The minimum atomic E-state index is -0.385. The highest BCUT2D eigenvalue weighted by Gasteiger charge is 2.15. The third-order valence-electron chi connectivity index (χ3n) is 2.69. The second-order valence-electron chi connectivity index (χ2n) is 4.00. The standard InChI is InChI=1S/C12H10N4O3S/c1-19-12(18)10-2-7-9(20-10)3-8(16-7)11(17)15-6-4-13-14-5-6/h2-5,16H,1H3,(H,13,14)(H,15,17). The van der Waals surface area contributed by atoms with E-state index in [2.05, 4.69) is 25.2 Å². The van der Waals surface area contributed by atoms with Gasteiger partial charge in [0.15, 0.2) is 0 Å². The van der Waals surface area contributed by atoms with Crippen molar-refractivity contribution in [1.29, 1.82) is 0 Å². The van der Waals surface area contributed by atoms with Crippen LogP contribution in [-0.4, -0.2) is 34.2 Å². The number of aromatic nitrogens is 3. The Balaban J connectivity index is 1.84. The summed E-state index contributed by atoms with van der Waals surface area (Å²) in [5.74, 6) is -0.654. The van der Waals surface area contributed by atoms with E-state index in [1.807, 2.05) is 0 Å². The lowest BCUT2D eigenvalue weighted by Crippen LogP contribution is -2.11. The molecule has 0 aromatic carbocycles. The molecule has 0 radical (unpaired) electrons. The molecule has 3 N–H and O–H groups in total. The van der Waals surface area contributed by atoms with Gasteiger partial charge in [-0.2, -0.15) is 5.10 Å². The van der Waals surface area contributed by atoms with E-state index in [4.69, 9.17) is 0 Å². The van der Waals surface area contributed by atoms with Gasteiger partial charge in [0.25, 0.3) is 5.91 Å². The molecule has 8 heteroatoms. The summed E-state index contributed by atoms with van der Waals surface area (Å²) in [6, 6.07) is 3.36. The van der Waals surface area contributed by atoms with Crippen molar-refractivity contribution in [3.8, 4) is 0 Å². The third kappa shape index (κ3) is 2.16. The first-order chi connectivity index (χ1) is 9.67. The summed E-state index contributed by atoms with van der Waals surface area (Å²) in [6.07, 6.45) is 3.09. The molecule has 0 spiro atoms. The van der Waals surface area contributed by atoms with Crippen LogP contribution in [0.1, 0.15) is 20.2 Å². The number of hydrogen-bond donors (Lipinski definition) is 3. The highest BCUT2D eigenvalue weighted by Crippen LogP contribution is 2.27. The molecule has 0 bridgehead atoms. The second kappa shape index (κ2) is 4.82. The summed E-state index contributed by atoms with van der Waals surface area (Å²) in [5.41, 5.74) is 1.74. The van der Waals surface area contributed by atoms with Crippen LogP contribution in [0.3, 0.4) is 0 Å². The predicted molar refractivity (Wildman–Crippen MR) is 74.1 cm³/mol. The molecule has 7 nitrogen and oxygen atoms in total. The number of thiophene rings is 1. The van der Waals surface area contributed by atoms with E-state index < -0.39 is 0 Å². The van der Waals surface area contributed by atoms with Crippen LogP contribution in [0, 0.1) is 0 Å². The summed E-state index contributed by atoms with van der Waals surface area (Å²) in [7, 11) is 1.33. The van der Waals surface area contributed by atoms with Crippen LogP contribution in [0.5, 0.6) is 0 Å². The summed E-state index contributed by atoms with van der Waals surface area (Å²) in [5, 5.41) is 9.04. The Bertz CT molecular complexity index is 740. The van der Waals surface area contributed by atoms with Crippen LogP contribution < -0.4 is 5.32 Å². The zero-order valence-electron chi connectivity index (χ0n) is 10.4. The number of hydrogen-bond acceptors (Lipinski definition) is 5. The van der Waals surface area contributed by atoms with Crippen LogP contribution in [0.15, 0.2) is 24.5 Å². The van der Waals surface area contributed by atoms with Crippen molar-refractivity contribution in [3.05, 3.63) is 35.1 Å². The molecule has 0 aliphatic heterocycles. The Morgan fingerprint density at radius 3 is 2.90 bits per heavy atom. The summed E-state index contributed by atoms with van der Waals surface area (Å²) >= 11 is 1.27. The van der Waals surface area contributed by atoms with Crippen LogP contribution >= 0.6 is 11.3 Å². The van der Waals surface area contributed by atoms with Crippen LogP contribution in [0.4, 0.5) is 5.69 Å². The van der Waals surface area contributed by atoms with E-state index in [9.17, 15) is 9.59 Å². The molecule has 1 amide bonds. The maximum absolute atomic E-state index is 12.0. The Labute approximate surface area is 116 Å². The number of anilines is 1. The first-order valence-corrected chi connectivity index (χ1v) is 6.50. The Kier molecular flexibility index (Phi) is 2.99. The molecule has 3 rings (SSSR count). The zero-order chi connectivity index (χ0) is 14.1. The molecule has 0 saturated heterocycles. The smallest absolute Gasteiger partial charge is 0.348 e. The number of carbonyl (C=O) groups excluding carboxylic acids is 2. The van der Waals surface area contributed by atoms with Gasteiger partial charge in [-0.1, -0.05) is 0 Å². The van der Waals surface area contributed by atoms with Gasteiger partial charge in [0, 0.05) is 6.20 Å². The molecular formula is C12H10N4O3S. The number of carbonyl (C=O) groups is 2. The van der Waals surface area contributed by atoms with Gasteiger partial charge in [-0.3, -0.25) is 9.89 Å². The van der Waals surface area contributed by atoms with Crippen molar-refractivity contribution in [2.75, 3.05) is 12.4 Å². The highest BCUT2D eigenvalue weighted by molar-refractivity contribution is 7.20. The third-order valence-corrected chi connectivity index (χ3v) is 3.75. The van der Waals surface area contributed by atoms with E-state index in [0.717, 1.165) is 10.2 Å². The van der Waals surface area contributed by atoms with E-state index in [-0.39, 0.29) is 11.9 Å². The number of ether oxygens (including phenoxy) is 1. The molecule has 3 aromatic rings. The number of amides is 1. The molecule has 102 valence electrons. The molecule has 3 heterocycles. The Morgan fingerprint density at radius 2 is 2.25 bits per heavy atom. The monoisotopic (exact) mass is 290 g/mol. The zero-order valence-corrected chi connectivity index (χ0v) is 11.2. The van der Waals surface area contributed by atoms with Gasteiger partial charge in [-0.25, -0.2) is 4.79 Å². The SMILES string of the molecule is COC(=O)c1cc2[nH]c(C(=O)Nc3cn[nH]c3)cc2s1. The number of methoxy groups -OCH3 is 1. The van der Waals surface area contributed by atoms with Crippen molar-refractivity contribution in [3.63, 3.8) is 0 Å². The lowest BCUT2D eigenvalue weighted by molar-refractivity contribution is 0.0606. The van der Waals surface area contributed by atoms with Gasteiger partial charge in [-0.05, 0) is 12.1 Å². The van der Waals surface area contributed by atoms with Gasteiger partial charge in [-0.15, -0.1) is 11.3 Å². The number of nitrogens with zero attached hydrogens (tertiary/aromatic N) is 1. The normalized spacial score (nSPS) is 10.7. The summed E-state index contributed by atoms with van der Waals surface area (Å²) in [4.78, 5) is 26.8. The average Bonchev–Trinajstić information content (AvgIpc) is 3.11. The fourth-order valence-electron chi connectivity index (χ4n) is 1.76. The van der Waals surface area contributed by atoms with E-state index in [0.29, 0.717) is 16.3 Å². The van der Waals surface area contributed by atoms with Crippen molar-refractivity contribution in [1.82, 2.24) is 15.2 Å². The predicted octanol–water partition coefficient (Wildman–Crippen LogP) is 1.99. The minimum absolute atomic E-state index is 0.269. The largest absolute Gasteiger partial charge is 0.465 e. The van der Waals surface area contributed by atoms with Crippen LogP contribution in [0.2, 0.25) is 0 Å². The molecule has 0 fully saturated rings. The Hall–Kier alpha value is -2.61. The second-order valence-corrected chi connectivity index (χ2v) is 5.09. The van der Waals surface area contributed by atoms with Gasteiger partial charge in [0.05, 0.1) is 29.2 Å². The number of esters is 1. The quantitative estimate of drug-likeness (QED) is 0.642. The lowest BCUT2D eigenvalue weighted by Gasteiger charge is -1.98. The maximum Gasteiger partial charge on any atom is 0.348 e. The molecule has 0 saturated carbocycles. The first-order valence-electron chi connectivity index (χ1n) is 5.68. The van der Waals surface area contributed by atoms with E-state index in [1.165, 1.54) is 24.6 Å². The molecule has 0 aliphatic rings. The Morgan fingerprint density at radius 1 is 1.40 bits per heavy atom. The number of nitrogens with one attached hydrogen (secondary N) is 3. The van der Waals surface area contributed by atoms with Gasteiger partial charge in [0.2, 0.25) is 0 Å². The fourth-order valence-corrected chi connectivity index (χ4v) is 2.74. The van der Waals surface area contributed by atoms with Gasteiger partial charge >= 0.3 is 5.97 Å². The molecule has 0 unspecified atom stereocenters. The molecular weight excluding hydrogens is 280 g/mol. The van der Waals surface area contributed by atoms with Crippen LogP contribution in [0.25, 0.3) is 10.2 Å². The summed E-state index contributed by atoms with van der Waals surface area (Å²) < 4.78 is 5.47. The number of aromatic amines is 2. The number of fused-ring (bicyclic) bond motifs is 1. The van der Waals surface area contributed by atoms with E-state index in [1.54, 1.807) is 18.3 Å². The topological polar surface area (TPSA) is 99.9 Å². The minimum Gasteiger partial charge on any atom is -0.465 e. The van der Waals surface area contributed by atoms with Crippen molar-refractivity contribution < 1.29 is 14.3 Å². The van der Waals surface area contributed by atoms with Crippen molar-refractivity contribution in [2.45, 2.75) is 0 Å². The average molecular weight is 290 g/mol. The number of rotatable bonds is 3. The first kappa shape index (κ1) is 12.4. The van der Waals surface area contributed by atoms with Crippen molar-refractivity contribution >= 4 is 39.1 Å². The van der Waals surface area contributed by atoms with Crippen molar-refractivity contribution in [2.24, 2.45) is 0 Å². The van der Waals surface area contributed by atoms with Gasteiger partial charge in [0.1, 0.15) is 10.6 Å². The molecule has 3 aromatic heterocycles. The van der Waals surface area contributed by atoms with Crippen LogP contribution in [-0.2, 0) is 4.74 Å². The highest BCUT2D eigenvalue weighted by atomic mass is 32.1. The summed E-state index contributed by atoms with van der Waals surface area (Å²) in [6.45, 7) is 0. The maximum atomic E-state index is 12.0. The molecule has 20 heavy (non-hydrogen) atoms. The molecule has 0 aliphatic carbocycles. The van der Waals surface area contributed by atoms with E-state index >= 15 is 0 Å². The lowest BCUT2D eigenvalue weighted by atomic mass is 10.4. The fraction of sp³-hybridized carbons (Fsp3) is 0.0833. The number of H-pyrrole nitrogens is 2. The van der Waals surface area contributed by atoms with Gasteiger partial charge < -0.3 is 15.0 Å².